The summed E-state index contributed by atoms with van der Waals surface area (Å²) in [6, 6.07) is 15.4. The van der Waals surface area contributed by atoms with Crippen LogP contribution in [0.4, 0.5) is 0 Å². The van der Waals surface area contributed by atoms with Gasteiger partial charge in [0, 0.05) is 19.5 Å². The minimum atomic E-state index is -0.319. The lowest BCUT2D eigenvalue weighted by Gasteiger charge is -2.19. The molecule has 3 rings (SSSR count). The highest BCUT2D eigenvalue weighted by molar-refractivity contribution is 5.89. The van der Waals surface area contributed by atoms with Gasteiger partial charge in [-0.15, -0.1) is 0 Å². The van der Waals surface area contributed by atoms with E-state index in [4.69, 9.17) is 9.47 Å². The summed E-state index contributed by atoms with van der Waals surface area (Å²) < 4.78 is 10.6. The summed E-state index contributed by atoms with van der Waals surface area (Å²) in [6.45, 7) is 3.02. The van der Waals surface area contributed by atoms with Gasteiger partial charge in [-0.25, -0.2) is 0 Å². The molecule has 1 fully saturated rings. The molecule has 154 valence electrons. The van der Waals surface area contributed by atoms with Crippen molar-refractivity contribution in [3.8, 4) is 11.5 Å². The molecule has 0 radical (unpaired) electrons. The molecule has 1 N–H and O–H groups in total. The minimum Gasteiger partial charge on any atom is -0.493 e. The zero-order valence-corrected chi connectivity index (χ0v) is 17.2. The van der Waals surface area contributed by atoms with E-state index in [1.807, 2.05) is 43.3 Å². The summed E-state index contributed by atoms with van der Waals surface area (Å²) in [7, 11) is 3.17. The van der Waals surface area contributed by atoms with Crippen LogP contribution in [0.1, 0.15) is 30.5 Å². The standard InChI is InChI=1S/C23H28N2O4/c1-16(18-9-10-20(28-2)21(13-18)29-3)24-23(27)19-14-22(26)25(15-19)12-11-17-7-5-4-6-8-17/h4-10,13,16,19H,11-12,14-15H2,1-3H3,(H,24,27). The molecule has 1 aliphatic heterocycles. The number of hydrogen-bond donors (Lipinski definition) is 1. The maximum Gasteiger partial charge on any atom is 0.225 e. The van der Waals surface area contributed by atoms with E-state index in [2.05, 4.69) is 17.4 Å². The van der Waals surface area contributed by atoms with Gasteiger partial charge in [0.2, 0.25) is 11.8 Å². The Hall–Kier alpha value is -3.02. The van der Waals surface area contributed by atoms with E-state index in [9.17, 15) is 9.59 Å². The van der Waals surface area contributed by atoms with Crippen LogP contribution in [0.5, 0.6) is 11.5 Å². The fourth-order valence-corrected chi connectivity index (χ4v) is 3.61. The molecule has 2 amide bonds. The van der Waals surface area contributed by atoms with Gasteiger partial charge in [0.1, 0.15) is 0 Å². The monoisotopic (exact) mass is 396 g/mol. The number of benzene rings is 2. The van der Waals surface area contributed by atoms with E-state index in [0.29, 0.717) is 24.6 Å². The van der Waals surface area contributed by atoms with Crippen LogP contribution < -0.4 is 14.8 Å². The van der Waals surface area contributed by atoms with E-state index in [1.54, 1.807) is 19.1 Å². The summed E-state index contributed by atoms with van der Waals surface area (Å²) in [6.07, 6.45) is 1.06. The van der Waals surface area contributed by atoms with Crippen LogP contribution in [0.3, 0.4) is 0 Å². The lowest BCUT2D eigenvalue weighted by Crippen LogP contribution is -2.35. The second-order valence-corrected chi connectivity index (χ2v) is 7.32. The number of methoxy groups -OCH3 is 2. The van der Waals surface area contributed by atoms with Crippen molar-refractivity contribution >= 4 is 11.8 Å². The van der Waals surface area contributed by atoms with Crippen molar-refractivity contribution in [1.29, 1.82) is 0 Å². The van der Waals surface area contributed by atoms with Gasteiger partial charge in [0.05, 0.1) is 26.2 Å². The Morgan fingerprint density at radius 3 is 2.55 bits per heavy atom. The van der Waals surface area contributed by atoms with Crippen LogP contribution >= 0.6 is 0 Å². The second kappa shape index (κ2) is 9.45. The fraction of sp³-hybridized carbons (Fsp3) is 0.391. The van der Waals surface area contributed by atoms with Gasteiger partial charge in [0.25, 0.3) is 0 Å². The van der Waals surface area contributed by atoms with Gasteiger partial charge in [-0.1, -0.05) is 36.4 Å². The van der Waals surface area contributed by atoms with E-state index >= 15 is 0 Å². The highest BCUT2D eigenvalue weighted by Gasteiger charge is 2.34. The molecule has 0 saturated carbocycles. The molecule has 6 heteroatoms. The maximum absolute atomic E-state index is 12.7. The summed E-state index contributed by atoms with van der Waals surface area (Å²) in [4.78, 5) is 26.9. The number of nitrogens with one attached hydrogen (secondary N) is 1. The first-order chi connectivity index (χ1) is 14.0. The largest absolute Gasteiger partial charge is 0.493 e. The van der Waals surface area contributed by atoms with E-state index in [0.717, 1.165) is 12.0 Å². The molecule has 6 nitrogen and oxygen atoms in total. The lowest BCUT2D eigenvalue weighted by atomic mass is 10.0. The molecule has 0 spiro atoms. The average Bonchev–Trinajstić information content (AvgIpc) is 3.13. The summed E-state index contributed by atoms with van der Waals surface area (Å²) in [5.41, 5.74) is 2.11. The third-order valence-corrected chi connectivity index (χ3v) is 5.36. The Labute approximate surface area is 171 Å². The van der Waals surface area contributed by atoms with Crippen LogP contribution in [0.15, 0.2) is 48.5 Å². The molecule has 0 bridgehead atoms. The highest BCUT2D eigenvalue weighted by atomic mass is 16.5. The Morgan fingerprint density at radius 1 is 1.14 bits per heavy atom. The van der Waals surface area contributed by atoms with E-state index < -0.39 is 0 Å². The van der Waals surface area contributed by atoms with Crippen molar-refractivity contribution in [3.05, 3.63) is 59.7 Å². The zero-order chi connectivity index (χ0) is 20.8. The molecule has 2 aromatic rings. The molecule has 1 saturated heterocycles. The number of rotatable bonds is 8. The quantitative estimate of drug-likeness (QED) is 0.745. The topological polar surface area (TPSA) is 67.9 Å². The van der Waals surface area contributed by atoms with Crippen molar-refractivity contribution in [2.24, 2.45) is 5.92 Å². The Morgan fingerprint density at radius 2 is 1.86 bits per heavy atom. The number of amides is 2. The lowest BCUT2D eigenvalue weighted by molar-refractivity contribution is -0.129. The summed E-state index contributed by atoms with van der Waals surface area (Å²) in [5, 5.41) is 3.03. The van der Waals surface area contributed by atoms with Crippen LogP contribution in [-0.2, 0) is 16.0 Å². The first-order valence-corrected chi connectivity index (χ1v) is 9.85. The van der Waals surface area contributed by atoms with Crippen molar-refractivity contribution in [2.75, 3.05) is 27.3 Å². The Balaban J connectivity index is 1.56. The molecule has 2 aromatic carbocycles. The van der Waals surface area contributed by atoms with Gasteiger partial charge in [-0.3, -0.25) is 9.59 Å². The smallest absolute Gasteiger partial charge is 0.225 e. The number of likely N-dealkylation sites (tertiary alicyclic amines) is 1. The van der Waals surface area contributed by atoms with Crippen molar-refractivity contribution in [1.82, 2.24) is 10.2 Å². The molecular formula is C23H28N2O4. The van der Waals surface area contributed by atoms with Crippen molar-refractivity contribution in [3.63, 3.8) is 0 Å². The minimum absolute atomic E-state index is 0.0415. The van der Waals surface area contributed by atoms with Gasteiger partial charge in [-0.2, -0.15) is 0 Å². The SMILES string of the molecule is COc1ccc(C(C)NC(=O)C2CC(=O)N(CCc3ccccc3)C2)cc1OC. The van der Waals surface area contributed by atoms with Gasteiger partial charge in [0.15, 0.2) is 11.5 Å². The predicted octanol–water partition coefficient (Wildman–Crippen LogP) is 2.97. The number of hydrogen-bond acceptors (Lipinski definition) is 4. The summed E-state index contributed by atoms with van der Waals surface area (Å²) >= 11 is 0. The predicted molar refractivity (Wildman–Crippen MR) is 111 cm³/mol. The van der Waals surface area contributed by atoms with Gasteiger partial charge < -0.3 is 19.7 Å². The van der Waals surface area contributed by atoms with Crippen LogP contribution in [0, 0.1) is 5.92 Å². The number of carbonyl (C=O) groups is 2. The number of carbonyl (C=O) groups excluding carboxylic acids is 2. The van der Waals surface area contributed by atoms with Crippen molar-refractivity contribution < 1.29 is 19.1 Å². The molecule has 29 heavy (non-hydrogen) atoms. The van der Waals surface area contributed by atoms with E-state index in [1.165, 1.54) is 5.56 Å². The molecule has 0 aliphatic carbocycles. The van der Waals surface area contributed by atoms with E-state index in [-0.39, 0.29) is 30.2 Å². The number of nitrogens with zero attached hydrogens (tertiary/aromatic N) is 1. The molecule has 1 aliphatic rings. The third kappa shape index (κ3) is 5.08. The first kappa shape index (κ1) is 20.7. The first-order valence-electron chi connectivity index (χ1n) is 9.85. The van der Waals surface area contributed by atoms with Gasteiger partial charge in [-0.05, 0) is 36.6 Å². The molecular weight excluding hydrogens is 368 g/mol. The Bertz CT molecular complexity index is 853. The Kier molecular flexibility index (Phi) is 6.75. The molecule has 0 aromatic heterocycles. The molecule has 1 heterocycles. The van der Waals surface area contributed by atoms with Crippen LogP contribution in [-0.4, -0.2) is 44.0 Å². The van der Waals surface area contributed by atoms with Gasteiger partial charge >= 0.3 is 0 Å². The van der Waals surface area contributed by atoms with Crippen molar-refractivity contribution in [2.45, 2.75) is 25.8 Å². The third-order valence-electron chi connectivity index (χ3n) is 5.36. The average molecular weight is 396 g/mol. The zero-order valence-electron chi connectivity index (χ0n) is 17.2. The summed E-state index contributed by atoms with van der Waals surface area (Å²) in [5.74, 6) is 0.892. The van der Waals surface area contributed by atoms with Crippen LogP contribution in [0.25, 0.3) is 0 Å². The van der Waals surface area contributed by atoms with Crippen LogP contribution in [0.2, 0.25) is 0 Å². The normalized spacial score (nSPS) is 17.1. The fourth-order valence-electron chi connectivity index (χ4n) is 3.61. The number of ether oxygens (including phenoxy) is 2. The highest BCUT2D eigenvalue weighted by Crippen LogP contribution is 2.30. The second-order valence-electron chi connectivity index (χ2n) is 7.32. The molecule has 2 unspecified atom stereocenters. The maximum atomic E-state index is 12.7. The molecule has 2 atom stereocenters.